The van der Waals surface area contributed by atoms with Gasteiger partial charge in [0.05, 0.1) is 64.4 Å². The summed E-state index contributed by atoms with van der Waals surface area (Å²) in [4.78, 5) is 48.5. The second-order valence-electron chi connectivity index (χ2n) is 12.1. The highest BCUT2D eigenvalue weighted by Gasteiger charge is 2.24. The first-order chi connectivity index (χ1) is 21.9. The van der Waals surface area contributed by atoms with Crippen LogP contribution in [0.2, 0.25) is 0 Å². The van der Waals surface area contributed by atoms with Gasteiger partial charge in [-0.15, -0.1) is 0 Å². The predicted molar refractivity (Wildman–Crippen MR) is 172 cm³/mol. The number of rotatable bonds is 26. The third kappa shape index (κ3) is 17.1. The van der Waals surface area contributed by atoms with Crippen molar-refractivity contribution in [1.82, 2.24) is 4.90 Å². The van der Waals surface area contributed by atoms with E-state index < -0.39 is 36.0 Å². The summed E-state index contributed by atoms with van der Waals surface area (Å²) in [5, 5.41) is 0. The first kappa shape index (κ1) is 39.2. The van der Waals surface area contributed by atoms with Gasteiger partial charge >= 0.3 is 0 Å². The Morgan fingerprint density at radius 2 is 1.52 bits per heavy atom. The highest BCUT2D eigenvalue weighted by molar-refractivity contribution is 5.85. The number of ketones is 1. The van der Waals surface area contributed by atoms with Gasteiger partial charge in [0.2, 0.25) is 17.7 Å². The smallest absolute Gasteiger partial charge is 0.247 e. The molecule has 13 nitrogen and oxygen atoms in total. The molecule has 260 valence electrons. The van der Waals surface area contributed by atoms with Gasteiger partial charge in [-0.25, -0.2) is 0 Å². The van der Waals surface area contributed by atoms with E-state index in [1.165, 1.54) is 0 Å². The number of nitrogens with two attached hydrogens (primary N) is 3. The van der Waals surface area contributed by atoms with Crippen LogP contribution in [-0.4, -0.2) is 112 Å². The third-order valence-corrected chi connectivity index (χ3v) is 7.90. The maximum Gasteiger partial charge on any atom is 0.247 e. The van der Waals surface area contributed by atoms with Gasteiger partial charge in [0.1, 0.15) is 11.9 Å². The molecule has 1 aromatic carbocycles. The van der Waals surface area contributed by atoms with Crippen LogP contribution >= 0.6 is 0 Å². The molecule has 1 aliphatic rings. The Morgan fingerprint density at radius 3 is 2.13 bits per heavy atom. The second kappa shape index (κ2) is 21.8. The molecule has 2 rings (SSSR count). The van der Waals surface area contributed by atoms with Crippen molar-refractivity contribution in [1.29, 1.82) is 0 Å². The van der Waals surface area contributed by atoms with Crippen LogP contribution in [0.25, 0.3) is 0 Å². The van der Waals surface area contributed by atoms with Gasteiger partial charge in [-0.3, -0.25) is 14.4 Å². The Kier molecular flexibility index (Phi) is 18.6. The van der Waals surface area contributed by atoms with Crippen LogP contribution < -0.4 is 17.2 Å². The van der Waals surface area contributed by atoms with E-state index in [9.17, 15) is 19.2 Å². The number of likely N-dealkylation sites (tertiary alicyclic amines) is 1. The summed E-state index contributed by atoms with van der Waals surface area (Å²) in [5.74, 6) is -1.82. The number of carbonyl (C=O) groups excluding carboxylic acids is 4. The fraction of sp³-hybridized carbons (Fsp3) is 0.697. The van der Waals surface area contributed by atoms with Crippen molar-refractivity contribution in [2.45, 2.75) is 95.7 Å². The molecular weight excluding hydrogens is 596 g/mol. The van der Waals surface area contributed by atoms with Crippen molar-refractivity contribution < 1.29 is 42.9 Å². The maximum atomic E-state index is 11.7. The number of likely N-dealkylation sites (N-methyl/N-ethyl adjacent to an activating group) is 1. The zero-order valence-electron chi connectivity index (χ0n) is 27.7. The van der Waals surface area contributed by atoms with Crippen LogP contribution in [0.1, 0.15) is 63.0 Å². The molecule has 13 heteroatoms. The number of hydrogen-bond acceptors (Lipinski definition) is 10. The number of carbonyl (C=O) groups is 4. The molecule has 0 radical (unpaired) electrons. The summed E-state index contributed by atoms with van der Waals surface area (Å²) in [6.07, 6.45) is 1.55. The number of benzene rings is 1. The zero-order valence-corrected chi connectivity index (χ0v) is 27.7. The van der Waals surface area contributed by atoms with Gasteiger partial charge in [-0.1, -0.05) is 29.8 Å². The molecule has 3 amide bonds. The number of ether oxygens (including phenoxy) is 5. The minimum absolute atomic E-state index is 0.0113. The van der Waals surface area contributed by atoms with Crippen molar-refractivity contribution in [3.8, 4) is 0 Å². The highest BCUT2D eigenvalue weighted by Crippen LogP contribution is 2.17. The maximum absolute atomic E-state index is 11.7. The number of amides is 3. The van der Waals surface area contributed by atoms with Crippen LogP contribution in [0.15, 0.2) is 24.3 Å². The van der Waals surface area contributed by atoms with Crippen LogP contribution in [0.5, 0.6) is 0 Å². The number of primary amides is 3. The molecule has 6 N–H and O–H groups in total. The van der Waals surface area contributed by atoms with E-state index in [-0.39, 0.29) is 57.8 Å². The monoisotopic (exact) mass is 650 g/mol. The lowest BCUT2D eigenvalue weighted by molar-refractivity contribution is -0.138. The molecule has 46 heavy (non-hydrogen) atoms. The van der Waals surface area contributed by atoms with E-state index in [0.29, 0.717) is 38.3 Å². The highest BCUT2D eigenvalue weighted by atomic mass is 16.6. The Morgan fingerprint density at radius 1 is 0.848 bits per heavy atom. The van der Waals surface area contributed by atoms with E-state index in [0.717, 1.165) is 30.5 Å². The molecule has 1 fully saturated rings. The largest absolute Gasteiger partial charge is 0.376 e. The third-order valence-electron chi connectivity index (χ3n) is 7.90. The van der Waals surface area contributed by atoms with Crippen LogP contribution in [0, 0.1) is 6.92 Å². The SMILES string of the molecule is CC(=O)CC[C@@H](CO[C@@H](CCC(N)=O)COCCO[C@H](CO[C@@H](CC(N)=O)C(N)=O)Cc1ccc(C)cc1)OC[C@@H]1CCCN1C. The van der Waals surface area contributed by atoms with Gasteiger partial charge in [-0.2, -0.15) is 0 Å². The summed E-state index contributed by atoms with van der Waals surface area (Å²) in [5.41, 5.74) is 18.1. The van der Waals surface area contributed by atoms with Gasteiger partial charge in [0, 0.05) is 25.3 Å². The molecule has 0 saturated carbocycles. The molecule has 5 atom stereocenters. The van der Waals surface area contributed by atoms with Crippen molar-refractivity contribution in [3.05, 3.63) is 35.4 Å². The molecule has 0 bridgehead atoms. The quantitative estimate of drug-likeness (QED) is 0.123. The Bertz CT molecular complexity index is 1070. The normalized spacial score (nSPS) is 17.8. The van der Waals surface area contributed by atoms with Gasteiger partial charge in [0.25, 0.3) is 0 Å². The fourth-order valence-electron chi connectivity index (χ4n) is 5.07. The van der Waals surface area contributed by atoms with E-state index in [4.69, 9.17) is 40.9 Å². The number of hydrogen-bond donors (Lipinski definition) is 3. The predicted octanol–water partition coefficient (Wildman–Crippen LogP) is 1.18. The second-order valence-corrected chi connectivity index (χ2v) is 12.1. The zero-order chi connectivity index (χ0) is 33.9. The summed E-state index contributed by atoms with van der Waals surface area (Å²) >= 11 is 0. The van der Waals surface area contributed by atoms with Gasteiger partial charge in [-0.05, 0) is 58.7 Å². The first-order valence-electron chi connectivity index (χ1n) is 16.1. The van der Waals surface area contributed by atoms with Gasteiger partial charge in [0.15, 0.2) is 0 Å². The van der Waals surface area contributed by atoms with E-state index in [1.807, 2.05) is 31.2 Å². The topological polar surface area (TPSA) is 196 Å². The fourth-order valence-corrected chi connectivity index (χ4v) is 5.07. The van der Waals surface area contributed by atoms with Crippen LogP contribution in [-0.2, 0) is 49.3 Å². The van der Waals surface area contributed by atoms with E-state index in [1.54, 1.807) is 6.92 Å². The number of aryl methyl sites for hydroxylation is 1. The summed E-state index contributed by atoms with van der Waals surface area (Å²) in [6.45, 7) is 6.06. The average Bonchev–Trinajstić information content (AvgIpc) is 3.41. The molecule has 0 aromatic heterocycles. The summed E-state index contributed by atoms with van der Waals surface area (Å²) in [6, 6.07) is 8.29. The van der Waals surface area contributed by atoms with E-state index >= 15 is 0 Å². The molecule has 1 aliphatic heterocycles. The minimum Gasteiger partial charge on any atom is -0.376 e. The molecular formula is C33H54N4O9. The number of nitrogens with zero attached hydrogens (tertiary/aromatic N) is 1. The van der Waals surface area contributed by atoms with Crippen molar-refractivity contribution in [3.63, 3.8) is 0 Å². The van der Waals surface area contributed by atoms with Crippen molar-refractivity contribution >= 4 is 23.5 Å². The van der Waals surface area contributed by atoms with Gasteiger partial charge < -0.3 is 50.6 Å². The molecule has 0 spiro atoms. The Labute approximate surface area is 272 Å². The Hall–Kier alpha value is -2.94. The number of Topliss-reactive ketones (excluding diaryl/α,β-unsaturated/α-hetero) is 1. The van der Waals surface area contributed by atoms with E-state index in [2.05, 4.69) is 11.9 Å². The minimum atomic E-state index is -1.15. The van der Waals surface area contributed by atoms with Crippen LogP contribution in [0.4, 0.5) is 0 Å². The molecule has 1 saturated heterocycles. The van der Waals surface area contributed by atoms with Crippen molar-refractivity contribution in [2.24, 2.45) is 17.2 Å². The Balaban J connectivity index is 1.91. The standard InChI is InChI=1S/C33H54N4O9/c1-23-6-9-25(10-7-23)17-29(22-46-30(33(36)41)18-32(35)40)43-16-15-42-20-27(12-13-31(34)39)45-21-28(11-8-24(2)38)44-19-26-5-4-14-37(26)3/h6-7,9-10,26-30H,4-5,8,11-22H2,1-3H3,(H2,34,39)(H2,35,40)(H2,36,41)/t26-,27-,28-,29-,30-/m0/s1. The first-order valence-corrected chi connectivity index (χ1v) is 16.1. The molecule has 0 aliphatic carbocycles. The average molecular weight is 651 g/mol. The molecule has 0 unspecified atom stereocenters. The lowest BCUT2D eigenvalue weighted by Gasteiger charge is -2.26. The summed E-state index contributed by atoms with van der Waals surface area (Å²) in [7, 11) is 2.09. The van der Waals surface area contributed by atoms with Crippen LogP contribution in [0.3, 0.4) is 0 Å². The molecule has 1 aromatic rings. The van der Waals surface area contributed by atoms with Crippen molar-refractivity contribution in [2.75, 3.05) is 53.2 Å². The molecule has 1 heterocycles. The summed E-state index contributed by atoms with van der Waals surface area (Å²) < 4.78 is 29.9. The lowest BCUT2D eigenvalue weighted by atomic mass is 10.1. The lowest BCUT2D eigenvalue weighted by Crippen LogP contribution is -2.38.